The van der Waals surface area contributed by atoms with Crippen molar-refractivity contribution in [1.82, 2.24) is 0 Å². The third-order valence-corrected chi connectivity index (χ3v) is 3.14. The van der Waals surface area contributed by atoms with E-state index in [0.717, 1.165) is 6.42 Å². The van der Waals surface area contributed by atoms with Gasteiger partial charge in [-0.3, -0.25) is 4.79 Å². The van der Waals surface area contributed by atoms with Crippen molar-refractivity contribution >= 4 is 17.3 Å². The Balaban J connectivity index is 2.19. The van der Waals surface area contributed by atoms with E-state index in [0.29, 0.717) is 18.9 Å². The zero-order valence-corrected chi connectivity index (χ0v) is 10.6. The second-order valence-corrected chi connectivity index (χ2v) is 5.27. The SMILES string of the molecule is CC(C)CC(N)C(=O)OCCc1cccs1. The molecule has 4 heteroatoms. The van der Waals surface area contributed by atoms with E-state index in [9.17, 15) is 4.79 Å². The molecule has 0 aliphatic rings. The van der Waals surface area contributed by atoms with Crippen LogP contribution in [0, 0.1) is 5.92 Å². The van der Waals surface area contributed by atoms with Crippen LogP contribution in [-0.4, -0.2) is 18.6 Å². The van der Waals surface area contributed by atoms with Crippen LogP contribution in [0.3, 0.4) is 0 Å². The van der Waals surface area contributed by atoms with Gasteiger partial charge in [0.2, 0.25) is 0 Å². The van der Waals surface area contributed by atoms with E-state index in [2.05, 4.69) is 0 Å². The lowest BCUT2D eigenvalue weighted by atomic mass is 10.1. The number of hydrogen-bond acceptors (Lipinski definition) is 4. The highest BCUT2D eigenvalue weighted by molar-refractivity contribution is 7.09. The van der Waals surface area contributed by atoms with Gasteiger partial charge in [-0.2, -0.15) is 0 Å². The summed E-state index contributed by atoms with van der Waals surface area (Å²) in [5, 5.41) is 2.02. The van der Waals surface area contributed by atoms with Crippen molar-refractivity contribution in [2.45, 2.75) is 32.7 Å². The standard InChI is InChI=1S/C12H19NO2S/c1-9(2)8-11(13)12(14)15-6-5-10-4-3-7-16-10/h3-4,7,9,11H,5-6,8,13H2,1-2H3. The highest BCUT2D eigenvalue weighted by atomic mass is 32.1. The van der Waals surface area contributed by atoms with Gasteiger partial charge in [0.15, 0.2) is 0 Å². The Morgan fingerprint density at radius 1 is 1.56 bits per heavy atom. The van der Waals surface area contributed by atoms with Gasteiger partial charge in [0, 0.05) is 11.3 Å². The maximum Gasteiger partial charge on any atom is 0.322 e. The van der Waals surface area contributed by atoms with Gasteiger partial charge in [-0.15, -0.1) is 11.3 Å². The quantitative estimate of drug-likeness (QED) is 0.777. The molecular formula is C12H19NO2S. The van der Waals surface area contributed by atoms with Gasteiger partial charge in [0.1, 0.15) is 6.04 Å². The molecule has 0 aliphatic heterocycles. The van der Waals surface area contributed by atoms with Crippen LogP contribution in [0.5, 0.6) is 0 Å². The Kier molecular flexibility index (Phi) is 5.49. The van der Waals surface area contributed by atoms with Crippen LogP contribution in [0.1, 0.15) is 25.1 Å². The molecule has 0 amide bonds. The minimum atomic E-state index is -0.483. The van der Waals surface area contributed by atoms with Crippen LogP contribution >= 0.6 is 11.3 Å². The average Bonchev–Trinajstić information content (AvgIpc) is 2.69. The number of esters is 1. The van der Waals surface area contributed by atoms with Crippen LogP contribution in [0.4, 0.5) is 0 Å². The largest absolute Gasteiger partial charge is 0.464 e. The number of hydrogen-bond donors (Lipinski definition) is 1. The van der Waals surface area contributed by atoms with Gasteiger partial charge in [0.25, 0.3) is 0 Å². The molecule has 0 saturated carbocycles. The molecule has 1 heterocycles. The highest BCUT2D eigenvalue weighted by Gasteiger charge is 2.16. The summed E-state index contributed by atoms with van der Waals surface area (Å²) < 4.78 is 5.12. The molecule has 1 aromatic rings. The van der Waals surface area contributed by atoms with Crippen molar-refractivity contribution in [2.75, 3.05) is 6.61 Å². The fourth-order valence-corrected chi connectivity index (χ4v) is 2.11. The maximum absolute atomic E-state index is 11.5. The first kappa shape index (κ1) is 13.2. The third-order valence-electron chi connectivity index (χ3n) is 2.20. The molecular weight excluding hydrogens is 222 g/mol. The zero-order chi connectivity index (χ0) is 12.0. The molecule has 2 N–H and O–H groups in total. The van der Waals surface area contributed by atoms with E-state index >= 15 is 0 Å². The Labute approximate surface area is 101 Å². The maximum atomic E-state index is 11.5. The molecule has 16 heavy (non-hydrogen) atoms. The van der Waals surface area contributed by atoms with Crippen molar-refractivity contribution in [2.24, 2.45) is 11.7 Å². The lowest BCUT2D eigenvalue weighted by Gasteiger charge is -2.12. The molecule has 0 aromatic carbocycles. The van der Waals surface area contributed by atoms with Crippen LogP contribution in [0.25, 0.3) is 0 Å². The Morgan fingerprint density at radius 2 is 2.31 bits per heavy atom. The smallest absolute Gasteiger partial charge is 0.322 e. The monoisotopic (exact) mass is 241 g/mol. The Bertz CT molecular complexity index is 309. The second-order valence-electron chi connectivity index (χ2n) is 4.23. The predicted octanol–water partition coefficient (Wildman–Crippen LogP) is 2.21. The van der Waals surface area contributed by atoms with Crippen molar-refractivity contribution in [3.8, 4) is 0 Å². The molecule has 1 unspecified atom stereocenters. The summed E-state index contributed by atoms with van der Waals surface area (Å²) in [7, 11) is 0. The third kappa shape index (κ3) is 4.77. The predicted molar refractivity (Wildman–Crippen MR) is 66.4 cm³/mol. The van der Waals surface area contributed by atoms with Crippen molar-refractivity contribution in [3.05, 3.63) is 22.4 Å². The molecule has 3 nitrogen and oxygen atoms in total. The Morgan fingerprint density at radius 3 is 2.88 bits per heavy atom. The first-order valence-electron chi connectivity index (χ1n) is 5.54. The Hall–Kier alpha value is -0.870. The van der Waals surface area contributed by atoms with E-state index < -0.39 is 6.04 Å². The molecule has 0 fully saturated rings. The number of ether oxygens (including phenoxy) is 1. The zero-order valence-electron chi connectivity index (χ0n) is 9.81. The first-order chi connectivity index (χ1) is 7.59. The van der Waals surface area contributed by atoms with Gasteiger partial charge >= 0.3 is 5.97 Å². The number of carbonyl (C=O) groups is 1. The van der Waals surface area contributed by atoms with E-state index in [4.69, 9.17) is 10.5 Å². The lowest BCUT2D eigenvalue weighted by Crippen LogP contribution is -2.33. The van der Waals surface area contributed by atoms with E-state index in [1.54, 1.807) is 11.3 Å². The van der Waals surface area contributed by atoms with E-state index in [1.807, 2.05) is 31.4 Å². The van der Waals surface area contributed by atoms with Gasteiger partial charge in [0.05, 0.1) is 6.61 Å². The summed E-state index contributed by atoms with van der Waals surface area (Å²) in [5.41, 5.74) is 5.71. The minimum absolute atomic E-state index is 0.287. The summed E-state index contributed by atoms with van der Waals surface area (Å²) in [4.78, 5) is 12.7. The van der Waals surface area contributed by atoms with Gasteiger partial charge < -0.3 is 10.5 Å². The van der Waals surface area contributed by atoms with E-state index in [-0.39, 0.29) is 5.97 Å². The number of nitrogens with two attached hydrogens (primary N) is 1. The second kappa shape index (κ2) is 6.66. The summed E-state index contributed by atoms with van der Waals surface area (Å²) in [6, 6.07) is 3.54. The van der Waals surface area contributed by atoms with Gasteiger partial charge in [-0.1, -0.05) is 19.9 Å². The van der Waals surface area contributed by atoms with Crippen LogP contribution in [0.2, 0.25) is 0 Å². The molecule has 1 aromatic heterocycles. The number of carbonyl (C=O) groups excluding carboxylic acids is 1. The summed E-state index contributed by atoms with van der Waals surface area (Å²) >= 11 is 1.67. The van der Waals surface area contributed by atoms with Crippen molar-refractivity contribution in [1.29, 1.82) is 0 Å². The molecule has 1 rings (SSSR count). The van der Waals surface area contributed by atoms with E-state index in [1.165, 1.54) is 4.88 Å². The molecule has 0 saturated heterocycles. The minimum Gasteiger partial charge on any atom is -0.464 e. The molecule has 90 valence electrons. The number of rotatable bonds is 6. The van der Waals surface area contributed by atoms with Crippen LogP contribution in [-0.2, 0) is 16.0 Å². The fourth-order valence-electron chi connectivity index (χ4n) is 1.42. The molecule has 0 bridgehead atoms. The van der Waals surface area contributed by atoms with Crippen LogP contribution < -0.4 is 5.73 Å². The normalized spacial score (nSPS) is 12.8. The summed E-state index contributed by atoms with van der Waals surface area (Å²) in [6.07, 6.45) is 1.45. The topological polar surface area (TPSA) is 52.3 Å². The van der Waals surface area contributed by atoms with Crippen LogP contribution in [0.15, 0.2) is 17.5 Å². The first-order valence-corrected chi connectivity index (χ1v) is 6.42. The van der Waals surface area contributed by atoms with Crippen molar-refractivity contribution < 1.29 is 9.53 Å². The molecule has 1 atom stereocenters. The number of thiophene rings is 1. The molecule has 0 aliphatic carbocycles. The fraction of sp³-hybridized carbons (Fsp3) is 0.583. The summed E-state index contributed by atoms with van der Waals surface area (Å²) in [5.74, 6) is 0.130. The molecule has 0 radical (unpaired) electrons. The highest BCUT2D eigenvalue weighted by Crippen LogP contribution is 2.09. The summed E-state index contributed by atoms with van der Waals surface area (Å²) in [6.45, 7) is 4.50. The molecule has 0 spiro atoms. The van der Waals surface area contributed by atoms with Gasteiger partial charge in [-0.05, 0) is 23.8 Å². The van der Waals surface area contributed by atoms with Gasteiger partial charge in [-0.25, -0.2) is 0 Å². The van der Waals surface area contributed by atoms with Crippen molar-refractivity contribution in [3.63, 3.8) is 0 Å². The average molecular weight is 241 g/mol. The lowest BCUT2D eigenvalue weighted by molar-refractivity contribution is -0.145.